The van der Waals surface area contributed by atoms with E-state index < -0.39 is 17.7 Å². The van der Waals surface area contributed by atoms with E-state index in [1.165, 1.54) is 5.56 Å². The maximum atomic E-state index is 13.3. The molecule has 0 radical (unpaired) electrons. The Morgan fingerprint density at radius 2 is 1.74 bits per heavy atom. The quantitative estimate of drug-likeness (QED) is 0.306. The van der Waals surface area contributed by atoms with Crippen LogP contribution in [-0.2, 0) is 28.9 Å². The molecular weight excluding hydrogens is 438 g/mol. The number of carbonyl (C=O) groups excluding carboxylic acids is 2. The molecule has 0 aliphatic carbocycles. The Bertz CT molecular complexity index is 1290. The predicted molar refractivity (Wildman–Crippen MR) is 135 cm³/mol. The number of amides is 1. The molecule has 1 amide bonds. The summed E-state index contributed by atoms with van der Waals surface area (Å²) in [5, 5.41) is 11.4. The largest absolute Gasteiger partial charge is 0.507 e. The molecule has 0 spiro atoms. The minimum absolute atomic E-state index is 0.0723. The first-order valence-electron chi connectivity index (χ1n) is 12.2. The van der Waals surface area contributed by atoms with Crippen LogP contribution < -0.4 is 4.74 Å². The molecule has 1 N–H and O–H groups in total. The third kappa shape index (κ3) is 4.34. The first kappa shape index (κ1) is 22.9. The summed E-state index contributed by atoms with van der Waals surface area (Å²) in [5.74, 6) is -0.572. The van der Waals surface area contributed by atoms with Crippen molar-refractivity contribution in [2.24, 2.45) is 0 Å². The molecule has 2 heterocycles. The number of likely N-dealkylation sites (tertiary alicyclic amines) is 1. The van der Waals surface area contributed by atoms with Crippen LogP contribution >= 0.6 is 0 Å². The highest BCUT2D eigenvalue weighted by molar-refractivity contribution is 6.46. The van der Waals surface area contributed by atoms with E-state index in [2.05, 4.69) is 6.92 Å². The third-order valence-corrected chi connectivity index (χ3v) is 6.90. The first-order chi connectivity index (χ1) is 17.0. The number of nitrogens with zero attached hydrogens (tertiary/aromatic N) is 1. The third-order valence-electron chi connectivity index (χ3n) is 6.90. The highest BCUT2D eigenvalue weighted by atomic mass is 16.5. The number of Topliss-reactive ketones (excluding diaryl/α,β-unsaturated/α-hetero) is 1. The van der Waals surface area contributed by atoms with Gasteiger partial charge in [0.15, 0.2) is 0 Å². The van der Waals surface area contributed by atoms with Gasteiger partial charge in [-0.2, -0.15) is 0 Å². The van der Waals surface area contributed by atoms with Gasteiger partial charge < -0.3 is 14.7 Å². The minimum Gasteiger partial charge on any atom is -0.507 e. The average molecular weight is 468 g/mol. The number of fused-ring (bicyclic) bond motifs is 1. The summed E-state index contributed by atoms with van der Waals surface area (Å²) in [6.45, 7) is 4.46. The second-order valence-electron chi connectivity index (χ2n) is 9.28. The van der Waals surface area contributed by atoms with Gasteiger partial charge in [0.1, 0.15) is 17.6 Å². The topological polar surface area (TPSA) is 66.8 Å². The molecular formula is C30H29NO4. The van der Waals surface area contributed by atoms with Crippen molar-refractivity contribution < 1.29 is 19.4 Å². The number of hydrogen-bond donors (Lipinski definition) is 1. The lowest BCUT2D eigenvalue weighted by Gasteiger charge is -2.25. The fraction of sp³-hybridized carbons (Fsp3) is 0.267. The Hall–Kier alpha value is -3.86. The number of aliphatic hydroxyl groups is 1. The van der Waals surface area contributed by atoms with Gasteiger partial charge in [-0.1, -0.05) is 61.5 Å². The van der Waals surface area contributed by atoms with Gasteiger partial charge in [0.2, 0.25) is 0 Å². The van der Waals surface area contributed by atoms with Crippen molar-refractivity contribution in [3.05, 3.63) is 106 Å². The molecule has 5 nitrogen and oxygen atoms in total. The van der Waals surface area contributed by atoms with Crippen molar-refractivity contribution in [2.45, 2.75) is 45.3 Å². The van der Waals surface area contributed by atoms with Gasteiger partial charge in [-0.05, 0) is 60.2 Å². The maximum absolute atomic E-state index is 13.3. The van der Waals surface area contributed by atoms with Gasteiger partial charge in [0.25, 0.3) is 11.7 Å². The number of carbonyl (C=O) groups is 2. The highest BCUT2D eigenvalue weighted by Gasteiger charge is 2.45. The molecule has 3 aromatic rings. The van der Waals surface area contributed by atoms with E-state index in [0.717, 1.165) is 35.3 Å². The molecule has 1 saturated heterocycles. The molecule has 2 aliphatic heterocycles. The van der Waals surface area contributed by atoms with Crippen LogP contribution in [0.1, 0.15) is 47.7 Å². The number of aryl methyl sites for hydroxylation is 1. The molecule has 5 rings (SSSR count). The van der Waals surface area contributed by atoms with Gasteiger partial charge in [0, 0.05) is 18.5 Å². The zero-order chi connectivity index (χ0) is 24.5. The normalized spacial score (nSPS) is 20.7. The van der Waals surface area contributed by atoms with Crippen molar-refractivity contribution in [1.82, 2.24) is 4.90 Å². The lowest BCUT2D eigenvalue weighted by molar-refractivity contribution is -0.139. The number of hydrogen-bond acceptors (Lipinski definition) is 4. The Morgan fingerprint density at radius 1 is 1.00 bits per heavy atom. The summed E-state index contributed by atoms with van der Waals surface area (Å²) in [6, 6.07) is 22.6. The van der Waals surface area contributed by atoms with Crippen LogP contribution in [0, 0.1) is 0 Å². The molecule has 0 unspecified atom stereocenters. The van der Waals surface area contributed by atoms with Crippen LogP contribution in [0.25, 0.3) is 5.76 Å². The number of ketones is 1. The van der Waals surface area contributed by atoms with Gasteiger partial charge in [-0.25, -0.2) is 0 Å². The molecule has 3 aromatic carbocycles. The lowest BCUT2D eigenvalue weighted by atomic mass is 9.93. The Labute approximate surface area is 205 Å². The fourth-order valence-corrected chi connectivity index (χ4v) is 5.01. The SMILES string of the molecule is CCc1ccc([C@H]2C(=C(O)c3ccc4c(c3)C[C@H](C)O4)C(=O)C(=O)N2CCc2ccccc2)cc1. The van der Waals surface area contributed by atoms with E-state index in [1.807, 2.05) is 73.7 Å². The highest BCUT2D eigenvalue weighted by Crippen LogP contribution is 2.40. The second kappa shape index (κ2) is 9.41. The number of ether oxygens (including phenoxy) is 1. The summed E-state index contributed by atoms with van der Waals surface area (Å²) in [4.78, 5) is 28.1. The average Bonchev–Trinajstić information content (AvgIpc) is 3.38. The summed E-state index contributed by atoms with van der Waals surface area (Å²) < 4.78 is 5.78. The molecule has 2 aliphatic rings. The van der Waals surface area contributed by atoms with E-state index >= 15 is 0 Å². The minimum atomic E-state index is -0.648. The smallest absolute Gasteiger partial charge is 0.295 e. The van der Waals surface area contributed by atoms with E-state index in [9.17, 15) is 14.7 Å². The zero-order valence-corrected chi connectivity index (χ0v) is 20.0. The molecule has 5 heteroatoms. The Kier molecular flexibility index (Phi) is 6.16. The fourth-order valence-electron chi connectivity index (χ4n) is 5.01. The van der Waals surface area contributed by atoms with Crippen molar-refractivity contribution in [2.75, 3.05) is 6.54 Å². The Balaban J connectivity index is 1.57. The van der Waals surface area contributed by atoms with Crippen LogP contribution in [0.4, 0.5) is 0 Å². The number of rotatable bonds is 6. The summed E-state index contributed by atoms with van der Waals surface area (Å²) in [7, 11) is 0. The van der Waals surface area contributed by atoms with E-state index in [0.29, 0.717) is 18.5 Å². The van der Waals surface area contributed by atoms with Gasteiger partial charge >= 0.3 is 0 Å². The first-order valence-corrected chi connectivity index (χ1v) is 12.2. The molecule has 1 fully saturated rings. The van der Waals surface area contributed by atoms with Crippen LogP contribution in [0.2, 0.25) is 0 Å². The van der Waals surface area contributed by atoms with Gasteiger partial charge in [-0.15, -0.1) is 0 Å². The number of aliphatic hydroxyl groups excluding tert-OH is 1. The van der Waals surface area contributed by atoms with E-state index in [-0.39, 0.29) is 17.4 Å². The van der Waals surface area contributed by atoms with Crippen molar-refractivity contribution in [3.63, 3.8) is 0 Å². The monoisotopic (exact) mass is 467 g/mol. The lowest BCUT2D eigenvalue weighted by Crippen LogP contribution is -2.31. The van der Waals surface area contributed by atoms with Crippen molar-refractivity contribution in [3.8, 4) is 5.75 Å². The molecule has 35 heavy (non-hydrogen) atoms. The van der Waals surface area contributed by atoms with Crippen molar-refractivity contribution in [1.29, 1.82) is 0 Å². The van der Waals surface area contributed by atoms with E-state index in [4.69, 9.17) is 4.74 Å². The number of benzene rings is 3. The standard InChI is InChI=1S/C30H29NO4/c1-3-20-9-11-22(12-10-20)27-26(28(32)23-13-14-25-24(18-23)17-19(2)35-25)29(33)30(34)31(27)16-15-21-7-5-4-6-8-21/h4-14,18-19,27,32H,3,15-17H2,1-2H3/t19-,27-/m0/s1. The van der Waals surface area contributed by atoms with E-state index in [1.54, 1.807) is 11.0 Å². The van der Waals surface area contributed by atoms with Gasteiger partial charge in [0.05, 0.1) is 11.6 Å². The summed E-state index contributed by atoms with van der Waals surface area (Å²) in [5.41, 5.74) is 4.72. The zero-order valence-electron chi connectivity index (χ0n) is 20.0. The predicted octanol–water partition coefficient (Wildman–Crippen LogP) is 5.24. The Morgan fingerprint density at radius 3 is 2.46 bits per heavy atom. The van der Waals surface area contributed by atoms with Crippen LogP contribution in [0.3, 0.4) is 0 Å². The van der Waals surface area contributed by atoms with Crippen LogP contribution in [0.15, 0.2) is 78.4 Å². The van der Waals surface area contributed by atoms with Crippen LogP contribution in [0.5, 0.6) is 5.75 Å². The second-order valence-corrected chi connectivity index (χ2v) is 9.28. The molecule has 2 atom stereocenters. The summed E-state index contributed by atoms with van der Waals surface area (Å²) in [6.07, 6.45) is 2.32. The molecule has 0 saturated carbocycles. The van der Waals surface area contributed by atoms with Gasteiger partial charge in [-0.3, -0.25) is 9.59 Å². The van der Waals surface area contributed by atoms with Crippen molar-refractivity contribution >= 4 is 17.4 Å². The van der Waals surface area contributed by atoms with Crippen LogP contribution in [-0.4, -0.2) is 34.3 Å². The molecule has 178 valence electrons. The maximum Gasteiger partial charge on any atom is 0.295 e. The summed E-state index contributed by atoms with van der Waals surface area (Å²) >= 11 is 0. The molecule has 0 aromatic heterocycles. The molecule has 0 bridgehead atoms.